The van der Waals surface area contributed by atoms with Gasteiger partial charge in [0.05, 0.1) is 0 Å². The van der Waals surface area contributed by atoms with Crippen LogP contribution in [0.3, 0.4) is 0 Å². The van der Waals surface area contributed by atoms with Gasteiger partial charge in [-0.3, -0.25) is 0 Å². The van der Waals surface area contributed by atoms with Crippen molar-refractivity contribution >= 4 is 88.7 Å². The molecule has 0 amide bonds. The number of aryl methyl sites for hydroxylation is 2. The lowest BCUT2D eigenvalue weighted by Gasteiger charge is -2.49. The molecule has 3 atom stereocenters. The second-order valence-electron chi connectivity index (χ2n) is 30.5. The Kier molecular flexibility index (Phi) is 11.0. The lowest BCUT2D eigenvalue weighted by Crippen LogP contribution is -2.62. The molecule has 0 saturated heterocycles. The first kappa shape index (κ1) is 52.4. The van der Waals surface area contributed by atoms with Gasteiger partial charge in [0.25, 0.3) is 6.71 Å². The molecule has 4 aliphatic carbocycles. The first-order chi connectivity index (χ1) is 38.8. The van der Waals surface area contributed by atoms with Crippen molar-refractivity contribution in [2.75, 3.05) is 9.80 Å². The van der Waals surface area contributed by atoms with E-state index >= 15 is 0 Å². The number of fused-ring (bicyclic) bond motifs is 13. The minimum Gasteiger partial charge on any atom is -0.311 e. The number of anilines is 6. The molecule has 0 N–H and O–H groups in total. The number of benzene rings is 8. The number of rotatable bonds is 4. The fourth-order valence-electron chi connectivity index (χ4n) is 17.8. The normalized spacial score (nSPS) is 22.9. The van der Waals surface area contributed by atoms with Crippen molar-refractivity contribution in [2.24, 2.45) is 5.41 Å². The Balaban J connectivity index is 1.01. The summed E-state index contributed by atoms with van der Waals surface area (Å²) in [5.41, 5.74) is 29.6. The summed E-state index contributed by atoms with van der Waals surface area (Å²) < 4.78 is 2.68. The van der Waals surface area contributed by atoms with Crippen molar-refractivity contribution in [1.29, 1.82) is 0 Å². The van der Waals surface area contributed by atoms with E-state index in [1.165, 1.54) is 165 Å². The van der Waals surface area contributed by atoms with Gasteiger partial charge in [0.15, 0.2) is 0 Å². The van der Waals surface area contributed by atoms with Gasteiger partial charge in [-0.15, -0.1) is 11.3 Å². The summed E-state index contributed by atoms with van der Waals surface area (Å²) in [6, 6.07) is 57.0. The largest absolute Gasteiger partial charge is 0.311 e. The SMILES string of the molecule is Cc1cc2c3c(c1)N(c1cc4c(cc1C)C(C)(C)CCC4(C)C)c1cc4c(cc1B3c1ccc(CC3c5ccc(C(C)(C)C)cc5C5(C)CCCCC35C)cc1N2c1ccc2sc3ccccc3c2c1)C(C)(C)c1ccccc1C4(C)C. The number of nitrogens with zero attached hydrogens (tertiary/aromatic N) is 2. The van der Waals surface area contributed by atoms with Gasteiger partial charge in [0, 0.05) is 65.1 Å². The highest BCUT2D eigenvalue weighted by Crippen LogP contribution is 2.66. The maximum atomic E-state index is 2.76. The van der Waals surface area contributed by atoms with E-state index < -0.39 is 0 Å². The first-order valence-electron chi connectivity index (χ1n) is 31.2. The van der Waals surface area contributed by atoms with Gasteiger partial charge in [0.1, 0.15) is 0 Å². The zero-order valence-electron chi connectivity index (χ0n) is 51.7. The van der Waals surface area contributed by atoms with Crippen molar-refractivity contribution in [1.82, 2.24) is 0 Å². The molecule has 3 unspecified atom stereocenters. The summed E-state index contributed by atoms with van der Waals surface area (Å²) in [6.07, 6.45) is 8.53. The van der Waals surface area contributed by atoms with Crippen molar-refractivity contribution < 1.29 is 0 Å². The van der Waals surface area contributed by atoms with Crippen molar-refractivity contribution in [3.05, 3.63) is 206 Å². The molecule has 1 aromatic heterocycles. The number of thiophene rings is 1. The van der Waals surface area contributed by atoms with Crippen LogP contribution in [0.15, 0.2) is 140 Å². The van der Waals surface area contributed by atoms with E-state index in [1.54, 1.807) is 11.1 Å². The van der Waals surface area contributed by atoms with Gasteiger partial charge in [-0.2, -0.15) is 0 Å². The van der Waals surface area contributed by atoms with Crippen molar-refractivity contribution in [3.63, 3.8) is 0 Å². The predicted molar refractivity (Wildman–Crippen MR) is 354 cm³/mol. The van der Waals surface area contributed by atoms with Gasteiger partial charge < -0.3 is 9.80 Å². The van der Waals surface area contributed by atoms with Gasteiger partial charge in [-0.25, -0.2) is 0 Å². The average molecular weight is 1090 g/mol. The Morgan fingerprint density at radius 3 is 1.84 bits per heavy atom. The fraction of sp³-hybridized carbons (Fsp3) is 0.385. The average Bonchev–Trinajstić information content (AvgIpc) is 1.16. The molecule has 6 aliphatic rings. The van der Waals surface area contributed by atoms with Crippen LogP contribution in [0.1, 0.15) is 201 Å². The second kappa shape index (κ2) is 17.1. The predicted octanol–water partition coefficient (Wildman–Crippen LogP) is 19.5. The summed E-state index contributed by atoms with van der Waals surface area (Å²) in [4.78, 5) is 5.47. The molecule has 414 valence electrons. The molecule has 3 heterocycles. The molecule has 15 rings (SSSR count). The maximum absolute atomic E-state index is 2.76. The lowest BCUT2D eigenvalue weighted by atomic mass is 9.33. The quantitative estimate of drug-likeness (QED) is 0.162. The number of hydrogen-bond donors (Lipinski definition) is 0. The Hall–Kier alpha value is -6.36. The van der Waals surface area contributed by atoms with Gasteiger partial charge >= 0.3 is 0 Å². The van der Waals surface area contributed by atoms with Crippen molar-refractivity contribution in [3.8, 4) is 0 Å². The Bertz CT molecular complexity index is 4230. The minimum atomic E-state index is -0.212. The van der Waals surface area contributed by atoms with E-state index in [0.29, 0.717) is 5.92 Å². The Morgan fingerprint density at radius 1 is 0.500 bits per heavy atom. The topological polar surface area (TPSA) is 6.48 Å². The monoisotopic (exact) mass is 1090 g/mol. The van der Waals surface area contributed by atoms with E-state index in [2.05, 4.69) is 253 Å². The van der Waals surface area contributed by atoms with E-state index in [1.807, 2.05) is 11.3 Å². The molecule has 9 aromatic rings. The van der Waals surface area contributed by atoms with Crippen LogP contribution in [0, 0.1) is 19.3 Å². The van der Waals surface area contributed by atoms with Crippen LogP contribution in [0.2, 0.25) is 0 Å². The van der Waals surface area contributed by atoms with Gasteiger partial charge in [-0.05, 0) is 217 Å². The third-order valence-corrected chi connectivity index (χ3v) is 24.2. The summed E-state index contributed by atoms with van der Waals surface area (Å²) in [7, 11) is 0. The third-order valence-electron chi connectivity index (χ3n) is 23.0. The first-order valence-corrected chi connectivity index (χ1v) is 32.0. The van der Waals surface area contributed by atoms with Crippen LogP contribution in [0.4, 0.5) is 34.1 Å². The van der Waals surface area contributed by atoms with Gasteiger partial charge in [0.2, 0.25) is 0 Å². The minimum absolute atomic E-state index is 0.000252. The second-order valence-corrected chi connectivity index (χ2v) is 31.5. The lowest BCUT2D eigenvalue weighted by molar-refractivity contribution is 0.0794. The smallest absolute Gasteiger partial charge is 0.252 e. The van der Waals surface area contributed by atoms with Crippen LogP contribution in [0.5, 0.6) is 0 Å². The summed E-state index contributed by atoms with van der Waals surface area (Å²) in [6.45, 7) is 37.1. The summed E-state index contributed by atoms with van der Waals surface area (Å²) in [5.74, 6) is 0.422. The highest BCUT2D eigenvalue weighted by atomic mass is 32.1. The van der Waals surface area contributed by atoms with Crippen LogP contribution in [0.25, 0.3) is 20.2 Å². The molecule has 4 heteroatoms. The molecule has 2 aliphatic heterocycles. The van der Waals surface area contributed by atoms with Crippen LogP contribution in [-0.2, 0) is 38.9 Å². The molecule has 0 radical (unpaired) electrons. The van der Waals surface area contributed by atoms with Gasteiger partial charge in [-0.1, -0.05) is 188 Å². The molecule has 1 saturated carbocycles. The highest BCUT2D eigenvalue weighted by Gasteiger charge is 2.58. The zero-order chi connectivity index (χ0) is 57.2. The zero-order valence-corrected chi connectivity index (χ0v) is 52.5. The molecule has 82 heavy (non-hydrogen) atoms. The van der Waals surface area contributed by atoms with Crippen LogP contribution in [-0.4, -0.2) is 6.71 Å². The molecule has 0 spiro atoms. The molecular weight excluding hydrogens is 1010 g/mol. The molecule has 0 bridgehead atoms. The summed E-state index contributed by atoms with van der Waals surface area (Å²) >= 11 is 1.91. The van der Waals surface area contributed by atoms with Crippen LogP contribution < -0.4 is 26.2 Å². The van der Waals surface area contributed by atoms with Crippen molar-refractivity contribution in [2.45, 2.75) is 187 Å². The van der Waals surface area contributed by atoms with E-state index in [-0.39, 0.29) is 44.6 Å². The summed E-state index contributed by atoms with van der Waals surface area (Å²) in [5, 5.41) is 2.67. The third kappa shape index (κ3) is 7.12. The van der Waals surface area contributed by atoms with Crippen LogP contribution >= 0.6 is 11.3 Å². The van der Waals surface area contributed by atoms with E-state index in [4.69, 9.17) is 0 Å². The van der Waals surface area contributed by atoms with E-state index in [9.17, 15) is 0 Å². The Labute approximate surface area is 494 Å². The standard InChI is InChI=1S/C78H83BN2S/c1-46-36-67-71-68(37-46)81(64-44-59-58(38-47(64)2)73(6,7)34-35-74(59,8)9)66-45-61-60(75(10,11)54-23-17-18-24-55(54)76(61,12)13)43-63(66)79(71)62-30-26-48(40-65(62)80(67)50-28-31-70-53(42-50)51-22-16-19-25-69(51)82-70)39-56-52-29-27-49(72(3,4)5)41-57(52)78(15)33-21-20-32-77(56,78)14/h16-19,22-31,36-38,40-45,56H,20-21,32-35,39H2,1-15H3. The molecule has 8 aromatic carbocycles. The highest BCUT2D eigenvalue weighted by molar-refractivity contribution is 7.25. The maximum Gasteiger partial charge on any atom is 0.252 e. The van der Waals surface area contributed by atoms with E-state index in [0.717, 1.165) is 6.42 Å². The molecular formula is C78H83BN2S. The molecule has 1 fully saturated rings. The fourth-order valence-corrected chi connectivity index (χ4v) is 18.9. The Morgan fingerprint density at radius 2 is 1.12 bits per heavy atom. The molecule has 2 nitrogen and oxygen atoms in total. The number of hydrogen-bond acceptors (Lipinski definition) is 3.